The molecule has 0 spiro atoms. The van der Waals surface area contributed by atoms with E-state index in [0.29, 0.717) is 19.3 Å². The first-order chi connectivity index (χ1) is 32.0. The fraction of sp³-hybridized carbons (Fsp3) is 0.915. The van der Waals surface area contributed by atoms with E-state index in [2.05, 4.69) is 32.9 Å². The van der Waals surface area contributed by atoms with Crippen LogP contribution in [0.25, 0.3) is 0 Å². The molecular formula is C59H112O6. The largest absolute Gasteiger partial charge is 0.462 e. The molecule has 0 aliphatic heterocycles. The van der Waals surface area contributed by atoms with Crippen molar-refractivity contribution in [3.05, 3.63) is 12.2 Å². The molecule has 1 unspecified atom stereocenters. The summed E-state index contributed by atoms with van der Waals surface area (Å²) in [6.07, 6.45) is 62.2. The predicted molar refractivity (Wildman–Crippen MR) is 280 cm³/mol. The molecule has 0 fully saturated rings. The highest BCUT2D eigenvalue weighted by atomic mass is 16.6. The van der Waals surface area contributed by atoms with Crippen molar-refractivity contribution in [1.82, 2.24) is 0 Å². The Labute approximate surface area is 405 Å². The standard InChI is InChI=1S/C59H112O6/c1-4-7-10-13-16-19-22-24-25-26-27-28-29-30-31-32-33-34-35-38-40-43-46-49-52-58(61)64-55-56(54-63-57(60)51-48-45-42-39-36-21-18-15-12-9-6-3)65-59(62)53-50-47-44-41-37-23-20-17-14-11-8-5-2/h15,18,56H,4-14,16-17,19-55H2,1-3H3/b18-15-. The van der Waals surface area contributed by atoms with Crippen molar-refractivity contribution in [2.45, 2.75) is 335 Å². The number of ether oxygens (including phenoxy) is 3. The van der Waals surface area contributed by atoms with E-state index in [1.807, 2.05) is 0 Å². The van der Waals surface area contributed by atoms with Gasteiger partial charge in [-0.2, -0.15) is 0 Å². The van der Waals surface area contributed by atoms with E-state index in [9.17, 15) is 14.4 Å². The van der Waals surface area contributed by atoms with Crippen LogP contribution in [0.4, 0.5) is 0 Å². The van der Waals surface area contributed by atoms with Crippen LogP contribution in [0.3, 0.4) is 0 Å². The highest BCUT2D eigenvalue weighted by Gasteiger charge is 2.19. The summed E-state index contributed by atoms with van der Waals surface area (Å²) < 4.78 is 16.8. The fourth-order valence-electron chi connectivity index (χ4n) is 8.84. The number of unbranched alkanes of at least 4 members (excludes halogenated alkanes) is 41. The van der Waals surface area contributed by atoms with Crippen molar-refractivity contribution in [3.8, 4) is 0 Å². The molecule has 0 N–H and O–H groups in total. The lowest BCUT2D eigenvalue weighted by atomic mass is 10.0. The Morgan fingerprint density at radius 3 is 0.815 bits per heavy atom. The highest BCUT2D eigenvalue weighted by molar-refractivity contribution is 5.71. The van der Waals surface area contributed by atoms with Crippen molar-refractivity contribution in [2.24, 2.45) is 0 Å². The average Bonchev–Trinajstić information content (AvgIpc) is 3.30. The lowest BCUT2D eigenvalue weighted by Gasteiger charge is -2.18. The third-order valence-corrected chi connectivity index (χ3v) is 13.3. The van der Waals surface area contributed by atoms with Gasteiger partial charge in [0.25, 0.3) is 0 Å². The summed E-state index contributed by atoms with van der Waals surface area (Å²) in [7, 11) is 0. The van der Waals surface area contributed by atoms with Gasteiger partial charge in [-0.05, 0) is 38.5 Å². The van der Waals surface area contributed by atoms with Gasteiger partial charge in [0.15, 0.2) is 6.10 Å². The van der Waals surface area contributed by atoms with Gasteiger partial charge in [-0.25, -0.2) is 0 Å². The number of carbonyl (C=O) groups is 3. The molecule has 0 saturated heterocycles. The Morgan fingerprint density at radius 2 is 0.523 bits per heavy atom. The maximum absolute atomic E-state index is 12.8. The first-order valence-electron chi connectivity index (χ1n) is 29.2. The number of rotatable bonds is 54. The fourth-order valence-corrected chi connectivity index (χ4v) is 8.84. The zero-order valence-corrected chi connectivity index (χ0v) is 44.0. The first kappa shape index (κ1) is 63.1. The van der Waals surface area contributed by atoms with Gasteiger partial charge < -0.3 is 14.2 Å². The summed E-state index contributed by atoms with van der Waals surface area (Å²) in [5, 5.41) is 0. The van der Waals surface area contributed by atoms with Gasteiger partial charge in [0, 0.05) is 19.3 Å². The molecule has 0 bridgehead atoms. The molecule has 0 aliphatic rings. The first-order valence-corrected chi connectivity index (χ1v) is 29.2. The minimum Gasteiger partial charge on any atom is -0.462 e. The van der Waals surface area contributed by atoms with Crippen LogP contribution in [0.1, 0.15) is 329 Å². The molecule has 1 atom stereocenters. The van der Waals surface area contributed by atoms with Gasteiger partial charge in [0.2, 0.25) is 0 Å². The van der Waals surface area contributed by atoms with E-state index in [1.54, 1.807) is 0 Å². The number of hydrogen-bond acceptors (Lipinski definition) is 6. The van der Waals surface area contributed by atoms with Crippen LogP contribution in [0.15, 0.2) is 12.2 Å². The van der Waals surface area contributed by atoms with Crippen LogP contribution >= 0.6 is 0 Å². The van der Waals surface area contributed by atoms with E-state index in [4.69, 9.17) is 14.2 Å². The zero-order valence-electron chi connectivity index (χ0n) is 44.0. The van der Waals surface area contributed by atoms with Crippen LogP contribution in [0.5, 0.6) is 0 Å². The molecule has 0 radical (unpaired) electrons. The maximum Gasteiger partial charge on any atom is 0.306 e. The summed E-state index contributed by atoms with van der Waals surface area (Å²) in [5.74, 6) is -0.856. The van der Waals surface area contributed by atoms with Crippen LogP contribution in [0, 0.1) is 0 Å². The molecule has 0 heterocycles. The Balaban J connectivity index is 4.14. The molecule has 0 aromatic carbocycles. The Morgan fingerprint density at radius 1 is 0.292 bits per heavy atom. The Bertz CT molecular complexity index is 1010. The number of esters is 3. The molecule has 384 valence electrons. The normalized spacial score (nSPS) is 12.0. The minimum absolute atomic E-state index is 0.0669. The van der Waals surface area contributed by atoms with Gasteiger partial charge in [0.1, 0.15) is 13.2 Å². The number of allylic oxidation sites excluding steroid dienone is 2. The molecule has 0 aromatic heterocycles. The number of hydrogen-bond donors (Lipinski definition) is 0. The van der Waals surface area contributed by atoms with Crippen LogP contribution in [0.2, 0.25) is 0 Å². The predicted octanol–water partition coefficient (Wildman–Crippen LogP) is 19.3. The second kappa shape index (κ2) is 54.8. The molecule has 0 amide bonds. The maximum atomic E-state index is 12.8. The van der Waals surface area contributed by atoms with Gasteiger partial charge >= 0.3 is 17.9 Å². The third-order valence-electron chi connectivity index (χ3n) is 13.3. The molecule has 65 heavy (non-hydrogen) atoms. The van der Waals surface area contributed by atoms with Crippen LogP contribution < -0.4 is 0 Å². The summed E-state index contributed by atoms with van der Waals surface area (Å²) >= 11 is 0. The topological polar surface area (TPSA) is 78.9 Å². The van der Waals surface area contributed by atoms with E-state index >= 15 is 0 Å². The monoisotopic (exact) mass is 917 g/mol. The van der Waals surface area contributed by atoms with E-state index in [0.717, 1.165) is 64.2 Å². The quantitative estimate of drug-likeness (QED) is 0.0262. The van der Waals surface area contributed by atoms with E-state index < -0.39 is 6.10 Å². The Kier molecular flexibility index (Phi) is 53.2. The molecule has 0 aromatic rings. The van der Waals surface area contributed by atoms with E-state index in [1.165, 1.54) is 225 Å². The summed E-state index contributed by atoms with van der Waals surface area (Å²) in [6, 6.07) is 0. The SMILES string of the molecule is CCCC/C=C\CCCCCCCC(=O)OCC(COC(=O)CCCCCCCCCCCCCCCCCCCCCCCCCC)OC(=O)CCCCCCCCCCCCCC. The van der Waals surface area contributed by atoms with Crippen molar-refractivity contribution >= 4 is 17.9 Å². The van der Waals surface area contributed by atoms with Crippen molar-refractivity contribution < 1.29 is 28.6 Å². The second-order valence-corrected chi connectivity index (χ2v) is 19.9. The van der Waals surface area contributed by atoms with Crippen molar-refractivity contribution in [3.63, 3.8) is 0 Å². The molecule has 0 aliphatic carbocycles. The van der Waals surface area contributed by atoms with Gasteiger partial charge in [-0.15, -0.1) is 0 Å². The molecule has 6 heteroatoms. The van der Waals surface area contributed by atoms with Crippen LogP contribution in [-0.4, -0.2) is 37.2 Å². The highest BCUT2D eigenvalue weighted by Crippen LogP contribution is 2.18. The summed E-state index contributed by atoms with van der Waals surface area (Å²) in [5.41, 5.74) is 0. The summed E-state index contributed by atoms with van der Waals surface area (Å²) in [6.45, 7) is 6.64. The molecule has 6 nitrogen and oxygen atoms in total. The van der Waals surface area contributed by atoms with Crippen LogP contribution in [-0.2, 0) is 28.6 Å². The lowest BCUT2D eigenvalue weighted by Crippen LogP contribution is -2.30. The lowest BCUT2D eigenvalue weighted by molar-refractivity contribution is -0.167. The minimum atomic E-state index is -0.766. The molecular weight excluding hydrogens is 805 g/mol. The second-order valence-electron chi connectivity index (χ2n) is 19.9. The number of carbonyl (C=O) groups excluding carboxylic acids is 3. The van der Waals surface area contributed by atoms with E-state index in [-0.39, 0.29) is 31.1 Å². The van der Waals surface area contributed by atoms with Crippen molar-refractivity contribution in [2.75, 3.05) is 13.2 Å². The smallest absolute Gasteiger partial charge is 0.306 e. The molecule has 0 saturated carbocycles. The Hall–Kier alpha value is -1.85. The van der Waals surface area contributed by atoms with Gasteiger partial charge in [-0.3, -0.25) is 14.4 Å². The van der Waals surface area contributed by atoms with Gasteiger partial charge in [0.05, 0.1) is 0 Å². The third kappa shape index (κ3) is 53.0. The van der Waals surface area contributed by atoms with Gasteiger partial charge in [-0.1, -0.05) is 283 Å². The average molecular weight is 918 g/mol. The zero-order chi connectivity index (χ0) is 47.2. The molecule has 0 rings (SSSR count). The summed E-state index contributed by atoms with van der Waals surface area (Å²) in [4.78, 5) is 38.0. The van der Waals surface area contributed by atoms with Crippen molar-refractivity contribution in [1.29, 1.82) is 0 Å².